The molecule has 3 aromatic rings. The maximum absolute atomic E-state index is 13.3. The molecule has 0 amide bonds. The van der Waals surface area contributed by atoms with Crippen molar-refractivity contribution in [1.29, 1.82) is 5.26 Å². The van der Waals surface area contributed by atoms with E-state index in [2.05, 4.69) is 16.0 Å². The van der Waals surface area contributed by atoms with E-state index in [9.17, 15) is 18.4 Å². The molecule has 0 fully saturated rings. The van der Waals surface area contributed by atoms with Gasteiger partial charge in [0.15, 0.2) is 0 Å². The van der Waals surface area contributed by atoms with Crippen LogP contribution in [0, 0.1) is 11.3 Å². The minimum Gasteiger partial charge on any atom is -0.245 e. The van der Waals surface area contributed by atoms with E-state index >= 15 is 0 Å². The third-order valence-corrected chi connectivity index (χ3v) is 4.80. The fraction of sp³-hybridized carbons (Fsp3) is 0.227. The van der Waals surface area contributed by atoms with Gasteiger partial charge in [0.2, 0.25) is 0 Å². The van der Waals surface area contributed by atoms with Crippen LogP contribution < -0.4 is 0 Å². The molecule has 6 heteroatoms. The molecule has 3 nitrogen and oxygen atoms in total. The van der Waals surface area contributed by atoms with E-state index < -0.39 is 17.2 Å². The monoisotopic (exact) mass is 381 g/mol. The molecule has 3 rings (SSSR count). The van der Waals surface area contributed by atoms with Crippen LogP contribution in [-0.2, 0) is 24.4 Å². The van der Waals surface area contributed by atoms with E-state index in [1.54, 1.807) is 18.5 Å². The highest BCUT2D eigenvalue weighted by Crippen LogP contribution is 2.36. The molecule has 0 N–H and O–H groups in total. The van der Waals surface area contributed by atoms with Crippen LogP contribution in [0.25, 0.3) is 0 Å². The number of alkyl halides is 3. The summed E-state index contributed by atoms with van der Waals surface area (Å²) in [4.78, 5) is 7.98. The lowest BCUT2D eigenvalue weighted by Crippen LogP contribution is -2.28. The highest BCUT2D eigenvalue weighted by molar-refractivity contribution is 5.37. The molecule has 0 aliphatic rings. The first-order valence-corrected chi connectivity index (χ1v) is 8.80. The highest BCUT2D eigenvalue weighted by atomic mass is 19.4. The summed E-state index contributed by atoms with van der Waals surface area (Å²) in [6, 6.07) is 17.1. The second kappa shape index (κ2) is 8.22. The molecule has 0 saturated carbocycles. The Balaban J connectivity index is 1.96. The molecule has 1 atom stereocenters. The van der Waals surface area contributed by atoms with E-state index in [1.165, 1.54) is 18.5 Å². The van der Waals surface area contributed by atoms with Crippen molar-refractivity contribution in [2.75, 3.05) is 0 Å². The van der Waals surface area contributed by atoms with E-state index in [4.69, 9.17) is 0 Å². The normalized spacial score (nSPS) is 13.5. The van der Waals surface area contributed by atoms with Gasteiger partial charge in [0.05, 0.1) is 17.0 Å². The number of hydrogen-bond donors (Lipinski definition) is 0. The third kappa shape index (κ3) is 4.37. The molecule has 142 valence electrons. The maximum Gasteiger partial charge on any atom is 0.416 e. The summed E-state index contributed by atoms with van der Waals surface area (Å²) in [5.41, 5.74) is 0.0840. The minimum atomic E-state index is -4.42. The molecule has 0 radical (unpaired) electrons. The zero-order valence-corrected chi connectivity index (χ0v) is 15.0. The summed E-state index contributed by atoms with van der Waals surface area (Å²) in [5.74, 6) is 0. The fourth-order valence-corrected chi connectivity index (χ4v) is 3.38. The number of benzene rings is 2. The Morgan fingerprint density at radius 3 is 2.18 bits per heavy atom. The lowest BCUT2D eigenvalue weighted by molar-refractivity contribution is -0.138. The molecular formula is C22H18F3N3. The second-order valence-electron chi connectivity index (χ2n) is 6.64. The Bertz CT molecular complexity index is 950. The van der Waals surface area contributed by atoms with E-state index in [-0.39, 0.29) is 18.4 Å². The van der Waals surface area contributed by atoms with Crippen molar-refractivity contribution < 1.29 is 13.2 Å². The highest BCUT2D eigenvalue weighted by Gasteiger charge is 2.36. The minimum absolute atomic E-state index is 0.131. The number of rotatable bonds is 6. The van der Waals surface area contributed by atoms with E-state index in [0.717, 1.165) is 17.2 Å². The van der Waals surface area contributed by atoms with Gasteiger partial charge in [0.25, 0.3) is 0 Å². The number of aromatic nitrogens is 2. The van der Waals surface area contributed by atoms with Crippen molar-refractivity contribution in [3.05, 3.63) is 95.6 Å². The summed E-state index contributed by atoms with van der Waals surface area (Å²) < 4.78 is 40.0. The van der Waals surface area contributed by atoms with Crippen LogP contribution in [0.3, 0.4) is 0 Å². The van der Waals surface area contributed by atoms with Crippen molar-refractivity contribution in [3.8, 4) is 6.07 Å². The lowest BCUT2D eigenvalue weighted by atomic mass is 9.73. The van der Waals surface area contributed by atoms with Crippen LogP contribution in [0.15, 0.2) is 73.3 Å². The Kier molecular flexibility index (Phi) is 5.74. The molecule has 0 aliphatic carbocycles. The van der Waals surface area contributed by atoms with Crippen LogP contribution in [0.1, 0.15) is 28.7 Å². The van der Waals surface area contributed by atoms with Crippen LogP contribution >= 0.6 is 0 Å². The zero-order chi connectivity index (χ0) is 20.0. The summed E-state index contributed by atoms with van der Waals surface area (Å²) in [6.07, 6.45) is 0.937. The summed E-state index contributed by atoms with van der Waals surface area (Å²) in [7, 11) is 0. The summed E-state index contributed by atoms with van der Waals surface area (Å²) >= 11 is 0. The molecular weight excluding hydrogens is 363 g/mol. The average molecular weight is 381 g/mol. The van der Waals surface area contributed by atoms with Crippen LogP contribution in [0.4, 0.5) is 13.2 Å². The van der Waals surface area contributed by atoms with Crippen LogP contribution in [-0.4, -0.2) is 9.97 Å². The van der Waals surface area contributed by atoms with Crippen LogP contribution in [0.2, 0.25) is 0 Å². The molecule has 0 bridgehead atoms. The van der Waals surface area contributed by atoms with E-state index in [1.807, 2.05) is 30.3 Å². The predicted octanol–water partition coefficient (Wildman–Crippen LogP) is 5.13. The van der Waals surface area contributed by atoms with Crippen LogP contribution in [0.5, 0.6) is 0 Å². The van der Waals surface area contributed by atoms with E-state index in [0.29, 0.717) is 6.42 Å². The first-order valence-electron chi connectivity index (χ1n) is 8.80. The van der Waals surface area contributed by atoms with Gasteiger partial charge < -0.3 is 0 Å². The Morgan fingerprint density at radius 1 is 0.893 bits per heavy atom. The maximum atomic E-state index is 13.3. The van der Waals surface area contributed by atoms with Gasteiger partial charge in [-0.1, -0.05) is 48.5 Å². The summed E-state index contributed by atoms with van der Waals surface area (Å²) in [6.45, 7) is 0. The number of nitrogens with zero attached hydrogens (tertiary/aromatic N) is 3. The van der Waals surface area contributed by atoms with Gasteiger partial charge in [-0.05, 0) is 42.0 Å². The van der Waals surface area contributed by atoms with Gasteiger partial charge in [-0.15, -0.1) is 0 Å². The molecule has 0 aliphatic heterocycles. The molecule has 1 unspecified atom stereocenters. The SMILES string of the molecule is N#CC(CCc1ccccc1C(F)(F)F)(Cc1cncnc1)c1ccccc1. The Morgan fingerprint density at radius 2 is 1.54 bits per heavy atom. The largest absolute Gasteiger partial charge is 0.416 e. The quantitative estimate of drug-likeness (QED) is 0.595. The molecule has 0 saturated heterocycles. The smallest absolute Gasteiger partial charge is 0.245 e. The Hall–Kier alpha value is -3.20. The van der Waals surface area contributed by atoms with Crippen molar-refractivity contribution in [1.82, 2.24) is 9.97 Å². The third-order valence-electron chi connectivity index (χ3n) is 4.80. The number of aryl methyl sites for hydroxylation is 1. The van der Waals surface area contributed by atoms with Gasteiger partial charge >= 0.3 is 6.18 Å². The second-order valence-corrected chi connectivity index (χ2v) is 6.64. The standard InChI is InChI=1S/C22H18F3N3/c23-22(24,25)20-9-5-4-6-18(20)10-11-21(15-26,19-7-2-1-3-8-19)12-17-13-27-16-28-14-17/h1-9,13-14,16H,10-12H2. The lowest BCUT2D eigenvalue weighted by Gasteiger charge is -2.28. The first kappa shape index (κ1) is 19.6. The van der Waals surface area contributed by atoms with Gasteiger partial charge in [0.1, 0.15) is 6.33 Å². The van der Waals surface area contributed by atoms with Gasteiger partial charge in [-0.25, -0.2) is 9.97 Å². The molecule has 1 aromatic heterocycles. The molecule has 1 heterocycles. The summed E-state index contributed by atoms with van der Waals surface area (Å²) in [5, 5.41) is 10.1. The molecule has 0 spiro atoms. The van der Waals surface area contributed by atoms with Crippen molar-refractivity contribution in [3.63, 3.8) is 0 Å². The average Bonchev–Trinajstić information content (AvgIpc) is 2.72. The van der Waals surface area contributed by atoms with Crippen molar-refractivity contribution in [2.24, 2.45) is 0 Å². The Labute approximate surface area is 161 Å². The molecule has 28 heavy (non-hydrogen) atoms. The topological polar surface area (TPSA) is 49.6 Å². The first-order chi connectivity index (χ1) is 13.4. The van der Waals surface area contributed by atoms with Crippen molar-refractivity contribution >= 4 is 0 Å². The van der Waals surface area contributed by atoms with Gasteiger partial charge in [-0.2, -0.15) is 18.4 Å². The number of nitriles is 1. The number of hydrogen-bond acceptors (Lipinski definition) is 3. The number of halogens is 3. The predicted molar refractivity (Wildman–Crippen MR) is 99.2 cm³/mol. The van der Waals surface area contributed by atoms with Gasteiger partial charge in [-0.3, -0.25) is 0 Å². The van der Waals surface area contributed by atoms with Crippen molar-refractivity contribution in [2.45, 2.75) is 30.9 Å². The zero-order valence-electron chi connectivity index (χ0n) is 15.0. The fourth-order valence-electron chi connectivity index (χ4n) is 3.38. The van der Waals surface area contributed by atoms with Gasteiger partial charge in [0, 0.05) is 12.4 Å². The molecule has 2 aromatic carbocycles.